The van der Waals surface area contributed by atoms with Crippen LogP contribution in [-0.4, -0.2) is 50.5 Å². The predicted molar refractivity (Wildman–Crippen MR) is 137 cm³/mol. The van der Waals surface area contributed by atoms with E-state index >= 15 is 0 Å². The Morgan fingerprint density at radius 2 is 1.82 bits per heavy atom. The molecular formula is C25H34ClN3O4S. The quantitative estimate of drug-likeness (QED) is 0.497. The number of hydrogen-bond acceptors (Lipinski definition) is 4. The number of nitrogens with zero attached hydrogens (tertiary/aromatic N) is 2. The summed E-state index contributed by atoms with van der Waals surface area (Å²) in [6.45, 7) is 8.12. The fourth-order valence-electron chi connectivity index (χ4n) is 3.71. The number of nitrogens with one attached hydrogen (secondary N) is 1. The van der Waals surface area contributed by atoms with Crippen LogP contribution in [0.25, 0.3) is 0 Å². The Morgan fingerprint density at radius 1 is 1.12 bits per heavy atom. The molecule has 1 atom stereocenters. The number of likely N-dealkylation sites (N-methyl/N-ethyl adjacent to an activating group) is 1. The van der Waals surface area contributed by atoms with E-state index in [1.54, 1.807) is 25.1 Å². The van der Waals surface area contributed by atoms with Gasteiger partial charge in [0.25, 0.3) is 0 Å². The first-order valence-corrected chi connectivity index (χ1v) is 13.5. The van der Waals surface area contributed by atoms with Crippen LogP contribution in [0, 0.1) is 13.8 Å². The summed E-state index contributed by atoms with van der Waals surface area (Å²) in [6.07, 6.45) is 1.58. The van der Waals surface area contributed by atoms with Gasteiger partial charge in [-0.25, -0.2) is 8.42 Å². The van der Waals surface area contributed by atoms with Gasteiger partial charge in [-0.3, -0.25) is 13.9 Å². The second-order valence-electron chi connectivity index (χ2n) is 8.45. The van der Waals surface area contributed by atoms with Gasteiger partial charge in [-0.15, -0.1) is 0 Å². The molecule has 0 spiro atoms. The molecule has 1 N–H and O–H groups in total. The van der Waals surface area contributed by atoms with Gasteiger partial charge in [0.05, 0.1) is 11.9 Å². The van der Waals surface area contributed by atoms with Crippen LogP contribution < -0.4 is 9.62 Å². The summed E-state index contributed by atoms with van der Waals surface area (Å²) < 4.78 is 26.4. The predicted octanol–water partition coefficient (Wildman–Crippen LogP) is 4.06. The van der Waals surface area contributed by atoms with Gasteiger partial charge in [0, 0.05) is 31.1 Å². The Hall–Kier alpha value is -2.58. The minimum atomic E-state index is -3.54. The van der Waals surface area contributed by atoms with Crippen molar-refractivity contribution in [1.82, 2.24) is 10.2 Å². The highest BCUT2D eigenvalue weighted by molar-refractivity contribution is 7.92. The van der Waals surface area contributed by atoms with Crippen LogP contribution in [0.4, 0.5) is 5.69 Å². The summed E-state index contributed by atoms with van der Waals surface area (Å²) in [4.78, 5) is 27.2. The monoisotopic (exact) mass is 507 g/mol. The molecule has 0 fully saturated rings. The SMILES string of the molecule is CCNC(=O)[C@H](C)N(Cc1cccc(Cl)c1)C(=O)CCCN(c1cc(C)ccc1C)S(C)(=O)=O. The largest absolute Gasteiger partial charge is 0.355 e. The normalized spacial score (nSPS) is 12.2. The molecule has 0 aliphatic rings. The van der Waals surface area contributed by atoms with Crippen molar-refractivity contribution in [1.29, 1.82) is 0 Å². The Kier molecular flexibility index (Phi) is 9.94. The third-order valence-electron chi connectivity index (χ3n) is 5.55. The summed E-state index contributed by atoms with van der Waals surface area (Å²) >= 11 is 6.10. The van der Waals surface area contributed by atoms with Crippen molar-refractivity contribution in [3.63, 3.8) is 0 Å². The Labute approximate surface area is 208 Å². The average molecular weight is 508 g/mol. The zero-order valence-corrected chi connectivity index (χ0v) is 22.0. The zero-order chi connectivity index (χ0) is 25.5. The van der Waals surface area contributed by atoms with E-state index in [1.165, 1.54) is 15.5 Å². The van der Waals surface area contributed by atoms with Gasteiger partial charge in [0.2, 0.25) is 21.8 Å². The lowest BCUT2D eigenvalue weighted by molar-refractivity contribution is -0.140. The van der Waals surface area contributed by atoms with Gasteiger partial charge < -0.3 is 10.2 Å². The van der Waals surface area contributed by atoms with Crippen molar-refractivity contribution in [2.75, 3.05) is 23.7 Å². The number of carbonyl (C=O) groups excluding carboxylic acids is 2. The lowest BCUT2D eigenvalue weighted by Crippen LogP contribution is -2.47. The van der Waals surface area contributed by atoms with Crippen molar-refractivity contribution in [2.24, 2.45) is 0 Å². The van der Waals surface area contributed by atoms with Gasteiger partial charge in [-0.1, -0.05) is 35.9 Å². The molecule has 2 aromatic carbocycles. The summed E-state index contributed by atoms with van der Waals surface area (Å²) in [6, 6.07) is 12.1. The van der Waals surface area contributed by atoms with Crippen LogP contribution in [0.3, 0.4) is 0 Å². The molecule has 0 unspecified atom stereocenters. The van der Waals surface area contributed by atoms with Gasteiger partial charge >= 0.3 is 0 Å². The summed E-state index contributed by atoms with van der Waals surface area (Å²) in [5.74, 6) is -0.473. The standard InChI is InChI=1S/C25H34ClN3O4S/c1-6-27-25(31)20(4)28(17-21-9-7-10-22(26)16-21)24(30)11-8-14-29(34(5,32)33)23-15-18(2)12-13-19(23)3/h7,9-10,12-13,15-16,20H,6,8,11,14,17H2,1-5H3,(H,27,31)/t20-/m0/s1. The van der Waals surface area contributed by atoms with Crippen LogP contribution in [0.1, 0.15) is 43.4 Å². The summed E-state index contributed by atoms with van der Waals surface area (Å²) in [7, 11) is -3.54. The second kappa shape index (κ2) is 12.2. The highest BCUT2D eigenvalue weighted by Gasteiger charge is 2.26. The average Bonchev–Trinajstić information content (AvgIpc) is 2.75. The Bertz CT molecular complexity index is 1120. The molecule has 34 heavy (non-hydrogen) atoms. The minimum Gasteiger partial charge on any atom is -0.355 e. The number of sulfonamides is 1. The molecule has 2 aromatic rings. The maximum atomic E-state index is 13.2. The molecular weight excluding hydrogens is 474 g/mol. The van der Waals surface area contributed by atoms with Crippen molar-refractivity contribution in [2.45, 2.75) is 53.1 Å². The number of benzene rings is 2. The molecule has 0 radical (unpaired) electrons. The first-order valence-electron chi connectivity index (χ1n) is 11.3. The second-order valence-corrected chi connectivity index (χ2v) is 10.8. The lowest BCUT2D eigenvalue weighted by atomic mass is 10.1. The number of amides is 2. The Morgan fingerprint density at radius 3 is 2.44 bits per heavy atom. The number of halogens is 1. The molecule has 0 aliphatic heterocycles. The highest BCUT2D eigenvalue weighted by atomic mass is 35.5. The van der Waals surface area contributed by atoms with Crippen LogP contribution in [0.2, 0.25) is 5.02 Å². The van der Waals surface area contributed by atoms with Crippen molar-refractivity contribution in [3.05, 3.63) is 64.2 Å². The molecule has 0 aliphatic carbocycles. The summed E-state index contributed by atoms with van der Waals surface area (Å²) in [5.41, 5.74) is 3.22. The zero-order valence-electron chi connectivity index (χ0n) is 20.5. The molecule has 0 bridgehead atoms. The lowest BCUT2D eigenvalue weighted by Gasteiger charge is -2.29. The molecule has 9 heteroatoms. The first kappa shape index (κ1) is 27.7. The van der Waals surface area contributed by atoms with E-state index in [-0.39, 0.29) is 31.3 Å². The van der Waals surface area contributed by atoms with Crippen molar-refractivity contribution < 1.29 is 18.0 Å². The Balaban J connectivity index is 2.19. The molecule has 0 saturated heterocycles. The fraction of sp³-hybridized carbons (Fsp3) is 0.440. The number of aryl methyl sites for hydroxylation is 2. The number of rotatable bonds is 11. The molecule has 2 amide bonds. The topological polar surface area (TPSA) is 86.8 Å². The third kappa shape index (κ3) is 7.74. The van der Waals surface area contributed by atoms with Crippen LogP contribution >= 0.6 is 11.6 Å². The van der Waals surface area contributed by atoms with Gasteiger partial charge in [-0.2, -0.15) is 0 Å². The van der Waals surface area contributed by atoms with Crippen molar-refractivity contribution >= 4 is 39.1 Å². The van der Waals surface area contributed by atoms with Gasteiger partial charge in [0.1, 0.15) is 6.04 Å². The van der Waals surface area contributed by atoms with E-state index in [9.17, 15) is 18.0 Å². The molecule has 7 nitrogen and oxygen atoms in total. The van der Waals surface area contributed by atoms with Gasteiger partial charge in [0.15, 0.2) is 0 Å². The van der Waals surface area contributed by atoms with Crippen LogP contribution in [0.15, 0.2) is 42.5 Å². The fourth-order valence-corrected chi connectivity index (χ4v) is 4.93. The van der Waals surface area contributed by atoms with E-state index in [4.69, 9.17) is 11.6 Å². The maximum Gasteiger partial charge on any atom is 0.242 e. The van der Waals surface area contributed by atoms with E-state index < -0.39 is 16.1 Å². The first-order chi connectivity index (χ1) is 15.9. The van der Waals surface area contributed by atoms with E-state index in [1.807, 2.05) is 45.0 Å². The molecule has 0 saturated carbocycles. The van der Waals surface area contributed by atoms with E-state index in [0.717, 1.165) is 16.7 Å². The number of carbonyl (C=O) groups is 2. The molecule has 0 aromatic heterocycles. The van der Waals surface area contributed by atoms with E-state index in [0.29, 0.717) is 23.7 Å². The smallest absolute Gasteiger partial charge is 0.242 e. The highest BCUT2D eigenvalue weighted by Crippen LogP contribution is 2.25. The number of hydrogen-bond donors (Lipinski definition) is 1. The molecule has 0 heterocycles. The van der Waals surface area contributed by atoms with Crippen LogP contribution in [-0.2, 0) is 26.2 Å². The molecule has 186 valence electrons. The van der Waals surface area contributed by atoms with Crippen LogP contribution in [0.5, 0.6) is 0 Å². The summed E-state index contributed by atoms with van der Waals surface area (Å²) in [5, 5.41) is 3.31. The molecule has 2 rings (SSSR count). The minimum absolute atomic E-state index is 0.0984. The number of anilines is 1. The van der Waals surface area contributed by atoms with Crippen molar-refractivity contribution in [3.8, 4) is 0 Å². The van der Waals surface area contributed by atoms with E-state index in [2.05, 4.69) is 5.32 Å². The van der Waals surface area contributed by atoms with Gasteiger partial charge in [-0.05, 0) is 69.0 Å². The third-order valence-corrected chi connectivity index (χ3v) is 6.96. The maximum absolute atomic E-state index is 13.2.